The monoisotopic (exact) mass is 364 g/mol. The maximum atomic E-state index is 12.0. The Bertz CT molecular complexity index is 806. The van der Waals surface area contributed by atoms with E-state index in [0.29, 0.717) is 0 Å². The predicted octanol–water partition coefficient (Wildman–Crippen LogP) is 3.76. The molecule has 2 fully saturated rings. The van der Waals surface area contributed by atoms with E-state index in [1.165, 1.54) is 23.2 Å². The van der Waals surface area contributed by atoms with Crippen molar-refractivity contribution in [2.24, 2.45) is 5.92 Å². The fourth-order valence-corrected chi connectivity index (χ4v) is 3.82. The number of hydrogen-bond acceptors (Lipinski definition) is 4. The molecule has 5 nitrogen and oxygen atoms in total. The number of rotatable bonds is 4. The van der Waals surface area contributed by atoms with Gasteiger partial charge in [0.1, 0.15) is 5.82 Å². The summed E-state index contributed by atoms with van der Waals surface area (Å²) < 4.78 is 0. The molecule has 0 atom stereocenters. The molecule has 1 aliphatic carbocycles. The Morgan fingerprint density at radius 2 is 1.78 bits per heavy atom. The highest BCUT2D eigenvalue weighted by Crippen LogP contribution is 2.28. The molecule has 1 aromatic heterocycles. The van der Waals surface area contributed by atoms with Gasteiger partial charge in [0, 0.05) is 37.8 Å². The number of aromatic nitrogens is 1. The van der Waals surface area contributed by atoms with Crippen molar-refractivity contribution in [1.82, 2.24) is 4.98 Å². The Balaban J connectivity index is 1.35. The van der Waals surface area contributed by atoms with E-state index in [2.05, 4.69) is 52.1 Å². The molecule has 2 aliphatic rings. The maximum Gasteiger partial charge on any atom is 0.227 e. The van der Waals surface area contributed by atoms with Crippen molar-refractivity contribution in [2.75, 3.05) is 41.3 Å². The summed E-state index contributed by atoms with van der Waals surface area (Å²) in [4.78, 5) is 21.4. The third-order valence-electron chi connectivity index (χ3n) is 6.01. The summed E-state index contributed by atoms with van der Waals surface area (Å²) in [5, 5.41) is 2.99. The first kappa shape index (κ1) is 17.8. The van der Waals surface area contributed by atoms with Crippen LogP contribution in [0.1, 0.15) is 30.4 Å². The summed E-state index contributed by atoms with van der Waals surface area (Å²) in [5.74, 6) is 1.32. The topological polar surface area (TPSA) is 48.5 Å². The molecule has 0 radical (unpaired) electrons. The molecule has 2 aromatic rings. The lowest BCUT2D eigenvalue weighted by atomic mass is 9.85. The van der Waals surface area contributed by atoms with Crippen molar-refractivity contribution >= 4 is 23.1 Å². The van der Waals surface area contributed by atoms with Crippen LogP contribution < -0.4 is 15.1 Å². The highest BCUT2D eigenvalue weighted by Gasteiger charge is 2.25. The molecular weight excluding hydrogens is 336 g/mol. The molecule has 1 aromatic carbocycles. The zero-order valence-corrected chi connectivity index (χ0v) is 16.2. The number of carbonyl (C=O) groups is 1. The fraction of sp³-hybridized carbons (Fsp3) is 0.455. The van der Waals surface area contributed by atoms with Crippen molar-refractivity contribution in [3.8, 4) is 0 Å². The van der Waals surface area contributed by atoms with Crippen LogP contribution >= 0.6 is 0 Å². The number of amides is 1. The molecule has 1 amide bonds. The molecule has 2 heterocycles. The quantitative estimate of drug-likeness (QED) is 0.897. The third kappa shape index (κ3) is 3.77. The number of pyridine rings is 1. The van der Waals surface area contributed by atoms with Crippen LogP contribution in [0.5, 0.6) is 0 Å². The van der Waals surface area contributed by atoms with Gasteiger partial charge >= 0.3 is 0 Å². The largest absolute Gasteiger partial charge is 0.368 e. The lowest BCUT2D eigenvalue weighted by molar-refractivity contribution is -0.122. The van der Waals surface area contributed by atoms with Crippen LogP contribution in [-0.2, 0) is 4.79 Å². The number of anilines is 3. The lowest BCUT2D eigenvalue weighted by Crippen LogP contribution is -2.47. The number of carbonyl (C=O) groups excluding carboxylic acids is 1. The van der Waals surface area contributed by atoms with E-state index in [4.69, 9.17) is 0 Å². The van der Waals surface area contributed by atoms with Crippen LogP contribution in [0.15, 0.2) is 36.5 Å². The van der Waals surface area contributed by atoms with Crippen LogP contribution in [-0.4, -0.2) is 37.1 Å². The van der Waals surface area contributed by atoms with Gasteiger partial charge in [-0.05, 0) is 56.0 Å². The summed E-state index contributed by atoms with van der Waals surface area (Å²) in [5.41, 5.74) is 4.85. The predicted molar refractivity (Wildman–Crippen MR) is 111 cm³/mol. The van der Waals surface area contributed by atoms with Gasteiger partial charge in [0.15, 0.2) is 0 Å². The van der Waals surface area contributed by atoms with E-state index < -0.39 is 0 Å². The van der Waals surface area contributed by atoms with Crippen LogP contribution in [0.4, 0.5) is 17.2 Å². The Hall–Kier alpha value is -2.56. The number of nitrogens with zero attached hydrogens (tertiary/aromatic N) is 3. The minimum absolute atomic E-state index is 0.137. The van der Waals surface area contributed by atoms with Gasteiger partial charge in [-0.2, -0.15) is 0 Å². The lowest BCUT2D eigenvalue weighted by Gasteiger charge is -2.37. The van der Waals surface area contributed by atoms with Gasteiger partial charge in [-0.3, -0.25) is 4.79 Å². The molecule has 4 rings (SSSR count). The van der Waals surface area contributed by atoms with Gasteiger partial charge in [-0.25, -0.2) is 4.98 Å². The van der Waals surface area contributed by atoms with E-state index in [-0.39, 0.29) is 11.8 Å². The number of aryl methyl sites for hydroxylation is 1. The second-order valence-corrected chi connectivity index (χ2v) is 7.72. The molecular formula is C22H28N4O. The first-order valence-corrected chi connectivity index (χ1v) is 9.95. The first-order valence-electron chi connectivity index (χ1n) is 9.95. The molecule has 0 bridgehead atoms. The van der Waals surface area contributed by atoms with Gasteiger partial charge in [-0.1, -0.05) is 18.6 Å². The van der Waals surface area contributed by atoms with Crippen LogP contribution in [0.2, 0.25) is 0 Å². The Morgan fingerprint density at radius 3 is 2.41 bits per heavy atom. The minimum atomic E-state index is 0.137. The van der Waals surface area contributed by atoms with E-state index >= 15 is 0 Å². The minimum Gasteiger partial charge on any atom is -0.368 e. The van der Waals surface area contributed by atoms with Gasteiger partial charge < -0.3 is 15.1 Å². The van der Waals surface area contributed by atoms with Crippen molar-refractivity contribution in [1.29, 1.82) is 0 Å². The highest BCUT2D eigenvalue weighted by atomic mass is 16.1. The van der Waals surface area contributed by atoms with Crippen LogP contribution in [0.3, 0.4) is 0 Å². The Labute approximate surface area is 161 Å². The number of nitrogens with one attached hydrogen (secondary N) is 1. The second kappa shape index (κ2) is 7.59. The zero-order chi connectivity index (χ0) is 18.8. The van der Waals surface area contributed by atoms with Crippen LogP contribution in [0, 0.1) is 19.8 Å². The van der Waals surface area contributed by atoms with E-state index in [0.717, 1.165) is 50.5 Å². The summed E-state index contributed by atoms with van der Waals surface area (Å²) >= 11 is 0. The molecule has 1 aliphatic heterocycles. The Kier molecular flexibility index (Phi) is 5.01. The molecule has 1 saturated heterocycles. The van der Waals surface area contributed by atoms with Crippen molar-refractivity contribution < 1.29 is 4.79 Å². The molecule has 0 spiro atoms. The van der Waals surface area contributed by atoms with Crippen molar-refractivity contribution in [2.45, 2.75) is 33.1 Å². The Morgan fingerprint density at radius 1 is 1.04 bits per heavy atom. The van der Waals surface area contributed by atoms with E-state index in [1.54, 1.807) is 6.20 Å². The summed E-state index contributed by atoms with van der Waals surface area (Å²) in [6.07, 6.45) is 4.98. The smallest absolute Gasteiger partial charge is 0.227 e. The van der Waals surface area contributed by atoms with E-state index in [1.807, 2.05) is 12.1 Å². The number of piperazine rings is 1. The van der Waals surface area contributed by atoms with Gasteiger partial charge in [0.2, 0.25) is 5.91 Å². The maximum absolute atomic E-state index is 12.0. The normalized spacial score (nSPS) is 17.6. The molecule has 0 unspecified atom stereocenters. The van der Waals surface area contributed by atoms with Crippen LogP contribution in [0.25, 0.3) is 0 Å². The molecule has 5 heteroatoms. The molecule has 142 valence electrons. The van der Waals surface area contributed by atoms with E-state index in [9.17, 15) is 4.79 Å². The highest BCUT2D eigenvalue weighted by molar-refractivity contribution is 5.92. The SMILES string of the molecule is Cc1cccc(N2CCN(c3ccc(NC(=O)C4CCC4)cn3)CC2)c1C. The second-order valence-electron chi connectivity index (χ2n) is 7.72. The van der Waals surface area contributed by atoms with Gasteiger partial charge in [0.05, 0.1) is 11.9 Å². The summed E-state index contributed by atoms with van der Waals surface area (Å²) in [7, 11) is 0. The average molecular weight is 364 g/mol. The summed E-state index contributed by atoms with van der Waals surface area (Å²) in [6, 6.07) is 10.5. The number of benzene rings is 1. The zero-order valence-electron chi connectivity index (χ0n) is 16.2. The number of hydrogen-bond donors (Lipinski definition) is 1. The molecule has 1 N–H and O–H groups in total. The molecule has 1 saturated carbocycles. The summed E-state index contributed by atoms with van der Waals surface area (Å²) in [6.45, 7) is 8.26. The third-order valence-corrected chi connectivity index (χ3v) is 6.01. The average Bonchev–Trinajstić information content (AvgIpc) is 2.63. The fourth-order valence-electron chi connectivity index (χ4n) is 3.82. The van der Waals surface area contributed by atoms with Gasteiger partial charge in [-0.15, -0.1) is 0 Å². The van der Waals surface area contributed by atoms with Gasteiger partial charge in [0.25, 0.3) is 0 Å². The first-order chi connectivity index (χ1) is 13.1. The van der Waals surface area contributed by atoms with Crippen molar-refractivity contribution in [3.05, 3.63) is 47.7 Å². The molecule has 27 heavy (non-hydrogen) atoms. The standard InChI is InChI=1S/C22H28N4O/c1-16-5-3-8-20(17(16)2)25-11-13-26(14-12-25)21-10-9-19(15-23-21)24-22(27)18-6-4-7-18/h3,5,8-10,15,18H,4,6-7,11-14H2,1-2H3,(H,24,27). The van der Waals surface area contributed by atoms with Crippen molar-refractivity contribution in [3.63, 3.8) is 0 Å².